The minimum absolute atomic E-state index is 0.191. The molecule has 2 aromatic heterocycles. The first kappa shape index (κ1) is 15.4. The van der Waals surface area contributed by atoms with Crippen molar-refractivity contribution in [3.63, 3.8) is 0 Å². The topological polar surface area (TPSA) is 85.6 Å². The fourth-order valence-electron chi connectivity index (χ4n) is 2.64. The SMILES string of the molecule is Cc1nc(C2CC2)ncc1C(=O)Nc1ccc(Cn2cncn2)cc1. The lowest BCUT2D eigenvalue weighted by Gasteiger charge is -2.09. The number of anilines is 1. The molecule has 0 bridgehead atoms. The minimum Gasteiger partial charge on any atom is -0.322 e. The Morgan fingerprint density at radius 3 is 2.72 bits per heavy atom. The molecule has 0 aliphatic heterocycles. The van der Waals surface area contributed by atoms with Crippen molar-refractivity contribution in [1.82, 2.24) is 24.7 Å². The minimum atomic E-state index is -0.191. The Morgan fingerprint density at radius 1 is 1.28 bits per heavy atom. The quantitative estimate of drug-likeness (QED) is 0.775. The zero-order valence-electron chi connectivity index (χ0n) is 13.9. The van der Waals surface area contributed by atoms with Crippen LogP contribution in [0.15, 0.2) is 43.1 Å². The van der Waals surface area contributed by atoms with E-state index in [-0.39, 0.29) is 5.91 Å². The second-order valence-corrected chi connectivity index (χ2v) is 6.25. The van der Waals surface area contributed by atoms with Gasteiger partial charge in [-0.2, -0.15) is 5.10 Å². The molecule has 7 nitrogen and oxygen atoms in total. The molecule has 0 spiro atoms. The van der Waals surface area contributed by atoms with Gasteiger partial charge >= 0.3 is 0 Å². The molecule has 3 aromatic rings. The molecule has 1 saturated carbocycles. The molecule has 126 valence electrons. The lowest BCUT2D eigenvalue weighted by molar-refractivity contribution is 0.102. The van der Waals surface area contributed by atoms with E-state index in [0.29, 0.717) is 18.0 Å². The normalized spacial score (nSPS) is 13.6. The van der Waals surface area contributed by atoms with Crippen LogP contribution in [0.5, 0.6) is 0 Å². The van der Waals surface area contributed by atoms with Crippen LogP contribution in [0.25, 0.3) is 0 Å². The molecule has 1 aliphatic rings. The zero-order valence-corrected chi connectivity index (χ0v) is 13.9. The Labute approximate surface area is 145 Å². The summed E-state index contributed by atoms with van der Waals surface area (Å²) in [7, 11) is 0. The van der Waals surface area contributed by atoms with Gasteiger partial charge < -0.3 is 5.32 Å². The summed E-state index contributed by atoms with van der Waals surface area (Å²) < 4.78 is 1.75. The van der Waals surface area contributed by atoms with E-state index in [4.69, 9.17) is 0 Å². The van der Waals surface area contributed by atoms with Crippen molar-refractivity contribution in [3.8, 4) is 0 Å². The molecular weight excluding hydrogens is 316 g/mol. The van der Waals surface area contributed by atoms with Crippen molar-refractivity contribution in [2.45, 2.75) is 32.2 Å². The van der Waals surface area contributed by atoms with Crippen LogP contribution in [0, 0.1) is 6.92 Å². The van der Waals surface area contributed by atoms with Crippen LogP contribution in [0.3, 0.4) is 0 Å². The number of nitrogens with one attached hydrogen (secondary N) is 1. The van der Waals surface area contributed by atoms with Gasteiger partial charge in [-0.1, -0.05) is 12.1 Å². The molecule has 1 aliphatic carbocycles. The first-order valence-electron chi connectivity index (χ1n) is 8.25. The average molecular weight is 334 g/mol. The highest BCUT2D eigenvalue weighted by atomic mass is 16.1. The van der Waals surface area contributed by atoms with Crippen LogP contribution < -0.4 is 5.32 Å². The van der Waals surface area contributed by atoms with E-state index in [1.807, 2.05) is 31.2 Å². The van der Waals surface area contributed by atoms with Crippen LogP contribution in [-0.4, -0.2) is 30.6 Å². The van der Waals surface area contributed by atoms with Gasteiger partial charge in [0, 0.05) is 17.8 Å². The van der Waals surface area contributed by atoms with Gasteiger partial charge in [0.2, 0.25) is 0 Å². The summed E-state index contributed by atoms with van der Waals surface area (Å²) in [6.07, 6.45) is 7.10. The number of nitrogens with zero attached hydrogens (tertiary/aromatic N) is 5. The first-order chi connectivity index (χ1) is 12.2. The number of amides is 1. The van der Waals surface area contributed by atoms with E-state index < -0.39 is 0 Å². The third-order valence-corrected chi connectivity index (χ3v) is 4.21. The average Bonchev–Trinajstić information content (AvgIpc) is 3.34. The number of rotatable bonds is 5. The highest BCUT2D eigenvalue weighted by Gasteiger charge is 2.27. The molecule has 1 amide bonds. The van der Waals surface area contributed by atoms with Crippen LogP contribution in [0.4, 0.5) is 5.69 Å². The van der Waals surface area contributed by atoms with E-state index in [9.17, 15) is 4.79 Å². The Morgan fingerprint density at radius 2 is 2.08 bits per heavy atom. The highest BCUT2D eigenvalue weighted by Crippen LogP contribution is 2.37. The molecule has 2 heterocycles. The summed E-state index contributed by atoms with van der Waals surface area (Å²) in [6.45, 7) is 2.49. The second-order valence-electron chi connectivity index (χ2n) is 6.25. The summed E-state index contributed by atoms with van der Waals surface area (Å²) >= 11 is 0. The Bertz CT molecular complexity index is 884. The predicted molar refractivity (Wildman–Crippen MR) is 92.3 cm³/mol. The smallest absolute Gasteiger partial charge is 0.259 e. The monoisotopic (exact) mass is 334 g/mol. The molecule has 0 unspecified atom stereocenters. The Balaban J connectivity index is 1.43. The van der Waals surface area contributed by atoms with Gasteiger partial charge in [0.25, 0.3) is 5.91 Å². The van der Waals surface area contributed by atoms with Crippen molar-refractivity contribution in [2.24, 2.45) is 0 Å². The van der Waals surface area contributed by atoms with E-state index >= 15 is 0 Å². The molecule has 1 aromatic carbocycles. The zero-order chi connectivity index (χ0) is 17.2. The molecule has 1 fully saturated rings. The summed E-state index contributed by atoms with van der Waals surface area (Å²) in [5, 5.41) is 6.97. The number of hydrogen-bond donors (Lipinski definition) is 1. The third kappa shape index (κ3) is 3.55. The van der Waals surface area contributed by atoms with Crippen LogP contribution >= 0.6 is 0 Å². The number of benzene rings is 1. The standard InChI is InChI=1S/C18H18N6O/c1-12-16(8-20-17(22-12)14-4-5-14)18(25)23-15-6-2-13(3-7-15)9-24-11-19-10-21-24/h2-3,6-8,10-11,14H,4-5,9H2,1H3,(H,23,25). The molecule has 25 heavy (non-hydrogen) atoms. The lowest BCUT2D eigenvalue weighted by Crippen LogP contribution is -2.15. The number of carbonyl (C=O) groups excluding carboxylic acids is 1. The van der Waals surface area contributed by atoms with Crippen LogP contribution in [0.2, 0.25) is 0 Å². The molecule has 0 atom stereocenters. The fraction of sp³-hybridized carbons (Fsp3) is 0.278. The largest absolute Gasteiger partial charge is 0.322 e. The maximum absolute atomic E-state index is 12.5. The van der Waals surface area contributed by atoms with Gasteiger partial charge in [0.05, 0.1) is 17.8 Å². The van der Waals surface area contributed by atoms with E-state index in [0.717, 1.165) is 35.6 Å². The first-order valence-corrected chi connectivity index (χ1v) is 8.25. The van der Waals surface area contributed by atoms with Gasteiger partial charge in [-0.15, -0.1) is 0 Å². The van der Waals surface area contributed by atoms with Crippen LogP contribution in [-0.2, 0) is 6.54 Å². The van der Waals surface area contributed by atoms with Crippen molar-refractivity contribution in [2.75, 3.05) is 5.32 Å². The number of hydrogen-bond acceptors (Lipinski definition) is 5. The van der Waals surface area contributed by atoms with Gasteiger partial charge in [0.1, 0.15) is 18.5 Å². The maximum atomic E-state index is 12.5. The van der Waals surface area contributed by atoms with Crippen LogP contribution in [0.1, 0.15) is 46.2 Å². The number of aromatic nitrogens is 5. The van der Waals surface area contributed by atoms with E-state index in [1.165, 1.54) is 6.33 Å². The van der Waals surface area contributed by atoms with Gasteiger partial charge in [0.15, 0.2) is 0 Å². The fourth-order valence-corrected chi connectivity index (χ4v) is 2.64. The van der Waals surface area contributed by atoms with Crippen molar-refractivity contribution in [3.05, 3.63) is 65.8 Å². The summed E-state index contributed by atoms with van der Waals surface area (Å²) in [5.74, 6) is 1.14. The van der Waals surface area contributed by atoms with Gasteiger partial charge in [-0.3, -0.25) is 4.79 Å². The summed E-state index contributed by atoms with van der Waals surface area (Å²) in [5.41, 5.74) is 3.04. The van der Waals surface area contributed by atoms with Gasteiger partial charge in [-0.25, -0.2) is 19.6 Å². The predicted octanol–water partition coefficient (Wildman–Crippen LogP) is 2.55. The number of aryl methyl sites for hydroxylation is 1. The molecule has 4 rings (SSSR count). The van der Waals surface area contributed by atoms with Crippen molar-refractivity contribution in [1.29, 1.82) is 0 Å². The van der Waals surface area contributed by atoms with E-state index in [2.05, 4.69) is 25.4 Å². The summed E-state index contributed by atoms with van der Waals surface area (Å²) in [6, 6.07) is 7.66. The Hall–Kier alpha value is -3.09. The summed E-state index contributed by atoms with van der Waals surface area (Å²) in [4.78, 5) is 25.2. The van der Waals surface area contributed by atoms with E-state index in [1.54, 1.807) is 17.2 Å². The molecule has 1 N–H and O–H groups in total. The van der Waals surface area contributed by atoms with Crippen molar-refractivity contribution >= 4 is 11.6 Å². The highest BCUT2D eigenvalue weighted by molar-refractivity contribution is 6.04. The third-order valence-electron chi connectivity index (χ3n) is 4.21. The lowest BCUT2D eigenvalue weighted by atomic mass is 10.2. The van der Waals surface area contributed by atoms with Crippen molar-refractivity contribution < 1.29 is 4.79 Å². The number of carbonyl (C=O) groups is 1. The molecule has 0 radical (unpaired) electrons. The van der Waals surface area contributed by atoms with Gasteiger partial charge in [-0.05, 0) is 37.5 Å². The second kappa shape index (κ2) is 6.43. The molecule has 0 saturated heterocycles. The molecular formula is C18H18N6O. The maximum Gasteiger partial charge on any atom is 0.259 e. The molecule has 7 heteroatoms. The Kier molecular flexibility index (Phi) is 3.97.